The van der Waals surface area contributed by atoms with Crippen molar-refractivity contribution in [3.63, 3.8) is 0 Å². The summed E-state index contributed by atoms with van der Waals surface area (Å²) in [5.41, 5.74) is 2.18. The first kappa shape index (κ1) is 19.5. The Morgan fingerprint density at radius 2 is 1.93 bits per heavy atom. The lowest BCUT2D eigenvalue weighted by molar-refractivity contribution is -0.120. The van der Waals surface area contributed by atoms with E-state index in [1.807, 2.05) is 57.2 Å². The molecule has 0 fully saturated rings. The first-order valence-corrected chi connectivity index (χ1v) is 9.27. The summed E-state index contributed by atoms with van der Waals surface area (Å²) in [7, 11) is 0. The van der Waals surface area contributed by atoms with Crippen LogP contribution in [0.3, 0.4) is 0 Å². The predicted molar refractivity (Wildman–Crippen MR) is 107 cm³/mol. The molecular formula is C22H24N2O4. The Labute approximate surface area is 163 Å². The molecule has 28 heavy (non-hydrogen) atoms. The van der Waals surface area contributed by atoms with Crippen molar-refractivity contribution in [2.45, 2.75) is 26.8 Å². The largest absolute Gasteiger partial charge is 0.490 e. The SMILES string of the molecule is CCOc1cccc2cc(C(C)NC(=O)CNC(=O)c3cccc(C)c3)oc12. The average Bonchev–Trinajstić information content (AvgIpc) is 3.12. The van der Waals surface area contributed by atoms with Gasteiger partial charge in [0.1, 0.15) is 5.76 Å². The number of para-hydroxylation sites is 1. The number of benzene rings is 2. The minimum atomic E-state index is -0.342. The third kappa shape index (κ3) is 4.52. The highest BCUT2D eigenvalue weighted by atomic mass is 16.5. The van der Waals surface area contributed by atoms with Gasteiger partial charge in [-0.15, -0.1) is 0 Å². The molecule has 0 aliphatic carbocycles. The summed E-state index contributed by atoms with van der Waals surface area (Å²) in [5.74, 6) is 0.728. The van der Waals surface area contributed by atoms with Gasteiger partial charge in [0.05, 0.1) is 19.2 Å². The molecule has 0 bridgehead atoms. The van der Waals surface area contributed by atoms with Crippen molar-refractivity contribution in [3.8, 4) is 5.75 Å². The maximum Gasteiger partial charge on any atom is 0.251 e. The summed E-state index contributed by atoms with van der Waals surface area (Å²) >= 11 is 0. The lowest BCUT2D eigenvalue weighted by Crippen LogP contribution is -2.37. The maximum absolute atomic E-state index is 12.2. The average molecular weight is 380 g/mol. The van der Waals surface area contributed by atoms with Crippen molar-refractivity contribution in [3.05, 3.63) is 65.4 Å². The number of nitrogens with one attached hydrogen (secondary N) is 2. The van der Waals surface area contributed by atoms with E-state index in [1.165, 1.54) is 0 Å². The molecule has 6 heteroatoms. The van der Waals surface area contributed by atoms with Gasteiger partial charge in [-0.2, -0.15) is 0 Å². The third-order valence-electron chi connectivity index (χ3n) is 4.32. The number of furan rings is 1. The Bertz CT molecular complexity index is 993. The minimum Gasteiger partial charge on any atom is -0.490 e. The van der Waals surface area contributed by atoms with Crippen molar-refractivity contribution in [1.82, 2.24) is 10.6 Å². The number of rotatable bonds is 7. The molecule has 3 aromatic rings. The molecule has 0 saturated heterocycles. The normalized spacial score (nSPS) is 11.8. The summed E-state index contributed by atoms with van der Waals surface area (Å²) in [6.45, 7) is 6.09. The van der Waals surface area contributed by atoms with Gasteiger partial charge in [-0.3, -0.25) is 9.59 Å². The molecule has 1 aromatic heterocycles. The monoisotopic (exact) mass is 380 g/mol. The molecule has 0 radical (unpaired) electrons. The van der Waals surface area contributed by atoms with Crippen molar-refractivity contribution in [2.75, 3.05) is 13.2 Å². The molecule has 1 atom stereocenters. The van der Waals surface area contributed by atoms with Gasteiger partial charge in [0.15, 0.2) is 11.3 Å². The van der Waals surface area contributed by atoms with Crippen LogP contribution in [0.1, 0.15) is 41.6 Å². The van der Waals surface area contributed by atoms with E-state index in [0.717, 1.165) is 10.9 Å². The zero-order valence-corrected chi connectivity index (χ0v) is 16.2. The van der Waals surface area contributed by atoms with Crippen LogP contribution in [0.2, 0.25) is 0 Å². The van der Waals surface area contributed by atoms with Crippen molar-refractivity contribution in [2.24, 2.45) is 0 Å². The van der Waals surface area contributed by atoms with E-state index in [1.54, 1.807) is 12.1 Å². The van der Waals surface area contributed by atoms with Gasteiger partial charge in [-0.1, -0.05) is 29.8 Å². The fourth-order valence-electron chi connectivity index (χ4n) is 2.95. The Balaban J connectivity index is 1.60. The fourth-order valence-corrected chi connectivity index (χ4v) is 2.95. The predicted octanol–water partition coefficient (Wildman–Crippen LogP) is 3.75. The Morgan fingerprint density at radius 3 is 2.68 bits per heavy atom. The number of hydrogen-bond acceptors (Lipinski definition) is 4. The Kier molecular flexibility index (Phi) is 5.99. The van der Waals surface area contributed by atoms with Gasteiger partial charge in [0, 0.05) is 10.9 Å². The molecular weight excluding hydrogens is 356 g/mol. The summed E-state index contributed by atoms with van der Waals surface area (Å²) in [6, 6.07) is 14.4. The van der Waals surface area contributed by atoms with Crippen molar-refractivity contribution < 1.29 is 18.7 Å². The molecule has 2 amide bonds. The van der Waals surface area contributed by atoms with E-state index >= 15 is 0 Å². The molecule has 2 aromatic carbocycles. The highest BCUT2D eigenvalue weighted by Crippen LogP contribution is 2.31. The second-order valence-corrected chi connectivity index (χ2v) is 6.60. The van der Waals surface area contributed by atoms with Gasteiger partial charge in [-0.25, -0.2) is 0 Å². The van der Waals surface area contributed by atoms with Crippen LogP contribution < -0.4 is 15.4 Å². The van der Waals surface area contributed by atoms with E-state index in [2.05, 4.69) is 10.6 Å². The quantitative estimate of drug-likeness (QED) is 0.654. The van der Waals surface area contributed by atoms with E-state index in [0.29, 0.717) is 29.3 Å². The second-order valence-electron chi connectivity index (χ2n) is 6.60. The number of carbonyl (C=O) groups excluding carboxylic acids is 2. The highest BCUT2D eigenvalue weighted by Gasteiger charge is 2.17. The molecule has 6 nitrogen and oxygen atoms in total. The van der Waals surface area contributed by atoms with Gasteiger partial charge in [-0.05, 0) is 45.0 Å². The molecule has 1 heterocycles. The first-order chi connectivity index (χ1) is 13.5. The molecule has 1 unspecified atom stereocenters. The fraction of sp³-hybridized carbons (Fsp3) is 0.273. The zero-order valence-electron chi connectivity index (χ0n) is 16.2. The van der Waals surface area contributed by atoms with Crippen LogP contribution in [0.15, 0.2) is 52.9 Å². The number of fused-ring (bicyclic) bond motifs is 1. The van der Waals surface area contributed by atoms with Gasteiger partial charge >= 0.3 is 0 Å². The molecule has 3 rings (SSSR count). The summed E-state index contributed by atoms with van der Waals surface area (Å²) in [4.78, 5) is 24.4. The molecule has 0 aliphatic heterocycles. The number of ether oxygens (including phenoxy) is 1. The molecule has 2 N–H and O–H groups in total. The van der Waals surface area contributed by atoms with Gasteiger partial charge in [0.25, 0.3) is 5.91 Å². The summed E-state index contributed by atoms with van der Waals surface area (Å²) < 4.78 is 11.5. The molecule has 0 spiro atoms. The van der Waals surface area contributed by atoms with Gasteiger partial charge in [0.2, 0.25) is 5.91 Å². The smallest absolute Gasteiger partial charge is 0.251 e. The van der Waals surface area contributed by atoms with Crippen LogP contribution >= 0.6 is 0 Å². The van der Waals surface area contributed by atoms with Crippen molar-refractivity contribution in [1.29, 1.82) is 0 Å². The molecule has 0 saturated carbocycles. The van der Waals surface area contributed by atoms with Crippen LogP contribution in [0.4, 0.5) is 0 Å². The van der Waals surface area contributed by atoms with Crippen LogP contribution in [-0.2, 0) is 4.79 Å². The lowest BCUT2D eigenvalue weighted by atomic mass is 10.1. The lowest BCUT2D eigenvalue weighted by Gasteiger charge is -2.12. The van der Waals surface area contributed by atoms with Crippen LogP contribution in [-0.4, -0.2) is 25.0 Å². The third-order valence-corrected chi connectivity index (χ3v) is 4.32. The van der Waals surface area contributed by atoms with E-state index < -0.39 is 0 Å². The Hall–Kier alpha value is -3.28. The summed E-state index contributed by atoms with van der Waals surface area (Å²) in [6.07, 6.45) is 0. The number of aryl methyl sites for hydroxylation is 1. The molecule has 146 valence electrons. The summed E-state index contributed by atoms with van der Waals surface area (Å²) in [5, 5.41) is 6.38. The van der Waals surface area contributed by atoms with Crippen molar-refractivity contribution >= 4 is 22.8 Å². The van der Waals surface area contributed by atoms with Crippen LogP contribution in [0.5, 0.6) is 5.75 Å². The topological polar surface area (TPSA) is 80.6 Å². The zero-order chi connectivity index (χ0) is 20.1. The van der Waals surface area contributed by atoms with E-state index in [4.69, 9.17) is 9.15 Å². The Morgan fingerprint density at radius 1 is 1.14 bits per heavy atom. The maximum atomic E-state index is 12.2. The highest BCUT2D eigenvalue weighted by molar-refractivity contribution is 5.96. The number of amides is 2. The first-order valence-electron chi connectivity index (χ1n) is 9.27. The van der Waals surface area contributed by atoms with Crippen LogP contribution in [0.25, 0.3) is 11.0 Å². The standard InChI is InChI=1S/C22H24N2O4/c1-4-27-18-10-6-8-16-12-19(28-21(16)18)15(3)24-20(25)13-23-22(26)17-9-5-7-14(2)11-17/h5-12,15H,4,13H2,1-3H3,(H,23,26)(H,24,25). The minimum absolute atomic E-state index is 0.110. The van der Waals surface area contributed by atoms with E-state index in [-0.39, 0.29) is 24.4 Å². The number of hydrogen-bond donors (Lipinski definition) is 2. The van der Waals surface area contributed by atoms with Crippen LogP contribution in [0, 0.1) is 6.92 Å². The molecule has 0 aliphatic rings. The van der Waals surface area contributed by atoms with Gasteiger partial charge < -0.3 is 19.8 Å². The van der Waals surface area contributed by atoms with E-state index in [9.17, 15) is 9.59 Å². The second kappa shape index (κ2) is 8.61. The number of carbonyl (C=O) groups is 2.